The van der Waals surface area contributed by atoms with E-state index in [1.165, 1.54) is 6.07 Å². The number of carboxylic acids is 1. The molecule has 3 N–H and O–H groups in total. The first-order valence-electron chi connectivity index (χ1n) is 6.38. The van der Waals surface area contributed by atoms with E-state index in [4.69, 9.17) is 9.52 Å². The molecule has 2 amide bonds. The third-order valence-corrected chi connectivity index (χ3v) is 3.72. The van der Waals surface area contributed by atoms with E-state index in [9.17, 15) is 9.59 Å². The van der Waals surface area contributed by atoms with Crippen LogP contribution < -0.4 is 10.6 Å². The zero-order valence-electron chi connectivity index (χ0n) is 11.9. The number of nitrogens with one attached hydrogen (secondary N) is 2. The summed E-state index contributed by atoms with van der Waals surface area (Å²) in [4.78, 5) is 22.5. The first-order valence-corrected chi connectivity index (χ1v) is 7.54. The average Bonchev–Trinajstić information content (AvgIpc) is 2.75. The number of rotatable bonds is 7. The molecule has 1 atom stereocenters. The lowest BCUT2D eigenvalue weighted by Gasteiger charge is -2.13. The minimum Gasteiger partial charge on any atom is -0.478 e. The number of furan rings is 1. The Morgan fingerprint density at radius 3 is 2.75 bits per heavy atom. The molecule has 0 spiro atoms. The lowest BCUT2D eigenvalue weighted by molar-refractivity contribution is 0.0695. The first-order chi connectivity index (χ1) is 9.43. The Bertz CT molecular complexity index is 473. The molecule has 0 saturated carbocycles. The van der Waals surface area contributed by atoms with Crippen molar-refractivity contribution < 1.29 is 19.1 Å². The molecular weight excluding hydrogens is 280 g/mol. The van der Waals surface area contributed by atoms with Gasteiger partial charge >= 0.3 is 12.0 Å². The monoisotopic (exact) mass is 300 g/mol. The van der Waals surface area contributed by atoms with Crippen molar-refractivity contribution in [2.75, 3.05) is 11.5 Å². The molecule has 7 heteroatoms. The minimum absolute atomic E-state index is 0.0767. The summed E-state index contributed by atoms with van der Waals surface area (Å²) in [6, 6.07) is 1.21. The molecule has 0 aliphatic rings. The summed E-state index contributed by atoms with van der Waals surface area (Å²) in [5.41, 5.74) is 0.120. The third kappa shape index (κ3) is 5.16. The number of urea groups is 1. The van der Waals surface area contributed by atoms with E-state index in [-0.39, 0.29) is 24.2 Å². The number of aryl methyl sites for hydroxylation is 1. The average molecular weight is 300 g/mol. The fourth-order valence-corrected chi connectivity index (χ4v) is 2.29. The van der Waals surface area contributed by atoms with Gasteiger partial charge in [-0.1, -0.05) is 6.92 Å². The molecule has 112 valence electrons. The molecule has 0 aliphatic heterocycles. The van der Waals surface area contributed by atoms with Gasteiger partial charge in [0.15, 0.2) is 0 Å². The van der Waals surface area contributed by atoms with Gasteiger partial charge in [-0.15, -0.1) is 0 Å². The number of amides is 2. The highest BCUT2D eigenvalue weighted by molar-refractivity contribution is 7.99. The zero-order chi connectivity index (χ0) is 15.1. The van der Waals surface area contributed by atoms with Crippen LogP contribution in [0.3, 0.4) is 0 Å². The van der Waals surface area contributed by atoms with Crippen molar-refractivity contribution in [2.45, 2.75) is 33.4 Å². The molecule has 1 aromatic heterocycles. The number of carbonyl (C=O) groups excluding carboxylic acids is 1. The van der Waals surface area contributed by atoms with Crippen LogP contribution in [0.1, 0.15) is 35.7 Å². The van der Waals surface area contributed by atoms with Crippen molar-refractivity contribution in [1.29, 1.82) is 0 Å². The Labute approximate surface area is 122 Å². The summed E-state index contributed by atoms with van der Waals surface area (Å²) in [5, 5.41) is 14.3. The van der Waals surface area contributed by atoms with Crippen molar-refractivity contribution in [3.05, 3.63) is 23.2 Å². The standard InChI is InChI=1S/C13H20N2O4S/c1-4-20-7-8(2)15-13(18)14-6-10-5-11(12(16)17)9(3)19-10/h5,8H,4,6-7H2,1-3H3,(H,16,17)(H2,14,15,18). The van der Waals surface area contributed by atoms with E-state index in [0.717, 1.165) is 11.5 Å². The van der Waals surface area contributed by atoms with Gasteiger partial charge in [0.25, 0.3) is 0 Å². The minimum atomic E-state index is -1.04. The molecule has 0 fully saturated rings. The highest BCUT2D eigenvalue weighted by Crippen LogP contribution is 2.14. The number of carboxylic acid groups (broad SMARTS) is 1. The number of hydrogen-bond donors (Lipinski definition) is 3. The molecule has 0 aromatic carbocycles. The maximum Gasteiger partial charge on any atom is 0.339 e. The molecule has 20 heavy (non-hydrogen) atoms. The SMILES string of the molecule is CCSCC(C)NC(=O)NCc1cc(C(=O)O)c(C)o1. The predicted octanol–water partition coefficient (Wildman–Crippen LogP) is 2.23. The Hall–Kier alpha value is -1.63. The van der Waals surface area contributed by atoms with Crippen molar-refractivity contribution >= 4 is 23.8 Å². The molecule has 0 radical (unpaired) electrons. The van der Waals surface area contributed by atoms with Crippen molar-refractivity contribution in [3.8, 4) is 0 Å². The van der Waals surface area contributed by atoms with Gasteiger partial charge in [-0.05, 0) is 25.7 Å². The van der Waals surface area contributed by atoms with Gasteiger partial charge in [-0.25, -0.2) is 9.59 Å². The van der Waals surface area contributed by atoms with Gasteiger partial charge in [0, 0.05) is 11.8 Å². The normalized spacial score (nSPS) is 11.9. The fourth-order valence-electron chi connectivity index (χ4n) is 1.62. The molecule has 0 bridgehead atoms. The van der Waals surface area contributed by atoms with Crippen molar-refractivity contribution in [3.63, 3.8) is 0 Å². The molecule has 1 aromatic rings. The highest BCUT2D eigenvalue weighted by Gasteiger charge is 2.14. The van der Waals surface area contributed by atoms with Gasteiger partial charge in [-0.3, -0.25) is 0 Å². The van der Waals surface area contributed by atoms with E-state index in [2.05, 4.69) is 17.6 Å². The lowest BCUT2D eigenvalue weighted by Crippen LogP contribution is -2.41. The zero-order valence-corrected chi connectivity index (χ0v) is 12.7. The van der Waals surface area contributed by atoms with Crippen LogP contribution in [0.5, 0.6) is 0 Å². The number of thioether (sulfide) groups is 1. The molecule has 1 unspecified atom stereocenters. The van der Waals surface area contributed by atoms with Gasteiger partial charge in [0.1, 0.15) is 17.1 Å². The lowest BCUT2D eigenvalue weighted by atomic mass is 10.2. The van der Waals surface area contributed by atoms with Crippen LogP contribution in [-0.4, -0.2) is 34.7 Å². The molecule has 0 aliphatic carbocycles. The van der Waals surface area contributed by atoms with Gasteiger partial charge in [0.2, 0.25) is 0 Å². The molecule has 1 heterocycles. The molecule has 1 rings (SSSR count). The van der Waals surface area contributed by atoms with Crippen molar-refractivity contribution in [2.24, 2.45) is 0 Å². The Morgan fingerprint density at radius 1 is 1.50 bits per heavy atom. The number of carbonyl (C=O) groups is 2. The second-order valence-corrected chi connectivity index (χ2v) is 5.69. The summed E-state index contributed by atoms with van der Waals surface area (Å²) >= 11 is 1.75. The summed E-state index contributed by atoms with van der Waals surface area (Å²) < 4.78 is 5.27. The fraction of sp³-hybridized carbons (Fsp3) is 0.538. The van der Waals surface area contributed by atoms with E-state index in [1.54, 1.807) is 18.7 Å². The predicted molar refractivity (Wildman–Crippen MR) is 78.2 cm³/mol. The van der Waals surface area contributed by atoms with Gasteiger partial charge in [-0.2, -0.15) is 11.8 Å². The van der Waals surface area contributed by atoms with Crippen LogP contribution in [0, 0.1) is 6.92 Å². The molecule has 0 saturated heterocycles. The van der Waals surface area contributed by atoms with Crippen LogP contribution in [0.4, 0.5) is 4.79 Å². The number of aromatic carboxylic acids is 1. The number of hydrogen-bond acceptors (Lipinski definition) is 4. The van der Waals surface area contributed by atoms with Crippen molar-refractivity contribution in [1.82, 2.24) is 10.6 Å². The summed E-state index contributed by atoms with van der Waals surface area (Å²) in [5.74, 6) is 1.59. The maximum atomic E-state index is 11.6. The van der Waals surface area contributed by atoms with E-state index in [0.29, 0.717) is 11.5 Å². The largest absolute Gasteiger partial charge is 0.478 e. The highest BCUT2D eigenvalue weighted by atomic mass is 32.2. The van der Waals surface area contributed by atoms with Crippen LogP contribution in [0.15, 0.2) is 10.5 Å². The Balaban J connectivity index is 2.41. The third-order valence-electron chi connectivity index (χ3n) is 2.57. The maximum absolute atomic E-state index is 11.6. The summed E-state index contributed by atoms with van der Waals surface area (Å²) in [6.45, 7) is 5.74. The molecule has 6 nitrogen and oxygen atoms in total. The topological polar surface area (TPSA) is 91.6 Å². The van der Waals surface area contributed by atoms with E-state index in [1.807, 2.05) is 6.92 Å². The summed E-state index contributed by atoms with van der Waals surface area (Å²) in [6.07, 6.45) is 0. The Morgan fingerprint density at radius 2 is 2.20 bits per heavy atom. The molecular formula is C13H20N2O4S. The Kier molecular flexibility index (Phi) is 6.44. The smallest absolute Gasteiger partial charge is 0.339 e. The quantitative estimate of drug-likeness (QED) is 0.718. The second-order valence-electron chi connectivity index (χ2n) is 4.38. The van der Waals surface area contributed by atoms with Crippen LogP contribution in [0.25, 0.3) is 0 Å². The van der Waals surface area contributed by atoms with Crippen LogP contribution >= 0.6 is 11.8 Å². The van der Waals surface area contributed by atoms with E-state index < -0.39 is 5.97 Å². The van der Waals surface area contributed by atoms with Gasteiger partial charge in [0.05, 0.1) is 6.54 Å². The van der Waals surface area contributed by atoms with Gasteiger partial charge < -0.3 is 20.2 Å². The first kappa shape index (κ1) is 16.4. The van der Waals surface area contributed by atoms with E-state index >= 15 is 0 Å². The second kappa shape index (κ2) is 7.84. The van der Waals surface area contributed by atoms with Crippen LogP contribution in [-0.2, 0) is 6.54 Å². The summed E-state index contributed by atoms with van der Waals surface area (Å²) in [7, 11) is 0. The van der Waals surface area contributed by atoms with Crippen LogP contribution in [0.2, 0.25) is 0 Å².